The molecule has 0 amide bonds. The van der Waals surface area contributed by atoms with Crippen LogP contribution in [0.3, 0.4) is 0 Å². The van der Waals surface area contributed by atoms with Crippen molar-refractivity contribution in [2.24, 2.45) is 5.92 Å². The molecule has 1 aromatic heterocycles. The Morgan fingerprint density at radius 1 is 1.40 bits per heavy atom. The summed E-state index contributed by atoms with van der Waals surface area (Å²) in [5.41, 5.74) is 0.958. The molecule has 1 unspecified atom stereocenters. The molecule has 1 atom stereocenters. The average molecular weight is 280 g/mol. The molecular weight excluding hydrogens is 260 g/mol. The molecule has 0 radical (unpaired) electrons. The zero-order valence-corrected chi connectivity index (χ0v) is 12.3. The molecule has 0 saturated carbocycles. The van der Waals surface area contributed by atoms with Crippen molar-refractivity contribution in [1.82, 2.24) is 9.55 Å². The van der Waals surface area contributed by atoms with Crippen LogP contribution in [-0.2, 0) is 27.1 Å². The first-order valence-electron chi connectivity index (χ1n) is 6.77. The van der Waals surface area contributed by atoms with Gasteiger partial charge in [0.15, 0.2) is 0 Å². The summed E-state index contributed by atoms with van der Waals surface area (Å²) in [5.74, 6) is -0.483. The van der Waals surface area contributed by atoms with Gasteiger partial charge in [-0.3, -0.25) is 4.79 Å². The Labute approximate surface area is 118 Å². The lowest BCUT2D eigenvalue weighted by Crippen LogP contribution is -2.28. The average Bonchev–Trinajstić information content (AvgIpc) is 2.84. The Kier molecular flexibility index (Phi) is 3.83. The van der Waals surface area contributed by atoms with Crippen molar-refractivity contribution in [3.8, 4) is 0 Å². The molecule has 6 nitrogen and oxygen atoms in total. The van der Waals surface area contributed by atoms with Gasteiger partial charge in [-0.25, -0.2) is 14.3 Å². The summed E-state index contributed by atoms with van der Waals surface area (Å²) in [5, 5.41) is 0. The Balaban J connectivity index is 2.12. The number of esters is 1. The summed E-state index contributed by atoms with van der Waals surface area (Å²) < 4.78 is 11.7. The summed E-state index contributed by atoms with van der Waals surface area (Å²) in [6.07, 6.45) is 1.98. The van der Waals surface area contributed by atoms with Gasteiger partial charge in [-0.1, -0.05) is 0 Å². The number of ether oxygens (including phenoxy) is 2. The third kappa shape index (κ3) is 3.00. The van der Waals surface area contributed by atoms with Crippen molar-refractivity contribution in [3.05, 3.63) is 17.7 Å². The maximum atomic E-state index is 12.1. The van der Waals surface area contributed by atoms with E-state index in [0.29, 0.717) is 19.4 Å². The Morgan fingerprint density at radius 3 is 2.70 bits per heavy atom. The number of fused-ring (bicyclic) bond motifs is 1. The molecule has 0 N–H and O–H groups in total. The Bertz CT molecular complexity index is 528. The zero-order chi connectivity index (χ0) is 14.9. The first-order chi connectivity index (χ1) is 9.31. The largest absolute Gasteiger partial charge is 0.466 e. The van der Waals surface area contributed by atoms with E-state index >= 15 is 0 Å². The van der Waals surface area contributed by atoms with E-state index in [1.807, 2.05) is 20.8 Å². The van der Waals surface area contributed by atoms with Gasteiger partial charge in [0.25, 0.3) is 0 Å². The third-order valence-corrected chi connectivity index (χ3v) is 3.04. The van der Waals surface area contributed by atoms with Crippen LogP contribution in [0.25, 0.3) is 0 Å². The molecule has 1 aromatic rings. The van der Waals surface area contributed by atoms with Gasteiger partial charge in [-0.15, -0.1) is 0 Å². The minimum atomic E-state index is -0.562. The van der Waals surface area contributed by atoms with Crippen LogP contribution in [0.4, 0.5) is 4.79 Å². The fourth-order valence-electron chi connectivity index (χ4n) is 2.23. The highest BCUT2D eigenvalue weighted by Crippen LogP contribution is 2.27. The van der Waals surface area contributed by atoms with Crippen LogP contribution in [0.1, 0.15) is 39.1 Å². The molecule has 0 saturated heterocycles. The second-order valence-electron chi connectivity index (χ2n) is 5.85. The molecule has 0 spiro atoms. The minimum Gasteiger partial charge on any atom is -0.466 e. The van der Waals surface area contributed by atoms with E-state index in [9.17, 15) is 9.59 Å². The highest BCUT2D eigenvalue weighted by atomic mass is 16.6. The van der Waals surface area contributed by atoms with Crippen LogP contribution < -0.4 is 0 Å². The molecule has 1 aliphatic carbocycles. The van der Waals surface area contributed by atoms with Gasteiger partial charge in [-0.2, -0.15) is 0 Å². The number of carbonyl (C=O) groups is 2. The Morgan fingerprint density at radius 2 is 2.10 bits per heavy atom. The second-order valence-corrected chi connectivity index (χ2v) is 5.85. The number of imidazole rings is 1. The van der Waals surface area contributed by atoms with Crippen molar-refractivity contribution < 1.29 is 19.1 Å². The van der Waals surface area contributed by atoms with E-state index in [-0.39, 0.29) is 11.9 Å². The molecule has 20 heavy (non-hydrogen) atoms. The van der Waals surface area contributed by atoms with Gasteiger partial charge < -0.3 is 9.47 Å². The Hall–Kier alpha value is -1.85. The summed E-state index contributed by atoms with van der Waals surface area (Å²) in [6.45, 7) is 7.56. The SMILES string of the molecule is CCOC(=O)C1Cc2ncn(C(=O)OC(C)(C)C)c2C1. The van der Waals surface area contributed by atoms with Crippen LogP contribution in [0, 0.1) is 5.92 Å². The number of hydrogen-bond acceptors (Lipinski definition) is 5. The number of aromatic nitrogens is 2. The quantitative estimate of drug-likeness (QED) is 0.774. The van der Waals surface area contributed by atoms with Gasteiger partial charge >= 0.3 is 12.1 Å². The monoisotopic (exact) mass is 280 g/mol. The van der Waals surface area contributed by atoms with Crippen LogP contribution in [-0.4, -0.2) is 33.8 Å². The molecule has 6 heteroatoms. The maximum Gasteiger partial charge on any atom is 0.420 e. The van der Waals surface area contributed by atoms with Crippen LogP contribution in [0.2, 0.25) is 0 Å². The first kappa shape index (κ1) is 14.6. The van der Waals surface area contributed by atoms with Crippen molar-refractivity contribution in [2.75, 3.05) is 6.61 Å². The normalized spacial score (nSPS) is 17.7. The maximum absolute atomic E-state index is 12.1. The lowest BCUT2D eigenvalue weighted by Gasteiger charge is -2.20. The van der Waals surface area contributed by atoms with Gasteiger partial charge in [0.05, 0.1) is 23.9 Å². The molecule has 1 aliphatic rings. The van der Waals surface area contributed by atoms with Crippen LogP contribution in [0.15, 0.2) is 6.33 Å². The minimum absolute atomic E-state index is 0.235. The van der Waals surface area contributed by atoms with E-state index in [4.69, 9.17) is 9.47 Å². The summed E-state index contributed by atoms with van der Waals surface area (Å²) in [6, 6.07) is 0. The summed E-state index contributed by atoms with van der Waals surface area (Å²) in [7, 11) is 0. The third-order valence-electron chi connectivity index (χ3n) is 3.04. The lowest BCUT2D eigenvalue weighted by atomic mass is 10.1. The molecular formula is C14H20N2O4. The van der Waals surface area contributed by atoms with Crippen molar-refractivity contribution in [1.29, 1.82) is 0 Å². The van der Waals surface area contributed by atoms with E-state index < -0.39 is 11.7 Å². The van der Waals surface area contributed by atoms with Gasteiger partial charge in [-0.05, 0) is 27.7 Å². The van der Waals surface area contributed by atoms with E-state index in [1.54, 1.807) is 6.92 Å². The van der Waals surface area contributed by atoms with Crippen LogP contribution >= 0.6 is 0 Å². The van der Waals surface area contributed by atoms with Gasteiger partial charge in [0.1, 0.15) is 11.9 Å². The topological polar surface area (TPSA) is 70.4 Å². The van der Waals surface area contributed by atoms with E-state index in [0.717, 1.165) is 11.4 Å². The number of rotatable bonds is 2. The summed E-state index contributed by atoms with van der Waals surface area (Å²) >= 11 is 0. The van der Waals surface area contributed by atoms with Crippen molar-refractivity contribution >= 4 is 12.1 Å². The van der Waals surface area contributed by atoms with Gasteiger partial charge in [0.2, 0.25) is 0 Å². The molecule has 110 valence electrons. The molecule has 2 rings (SSSR count). The smallest absolute Gasteiger partial charge is 0.420 e. The predicted octanol–water partition coefficient (Wildman–Crippen LogP) is 1.94. The molecule has 1 heterocycles. The van der Waals surface area contributed by atoms with Crippen molar-refractivity contribution in [3.63, 3.8) is 0 Å². The van der Waals surface area contributed by atoms with E-state index in [2.05, 4.69) is 4.98 Å². The molecule has 0 bridgehead atoms. The lowest BCUT2D eigenvalue weighted by molar-refractivity contribution is -0.147. The zero-order valence-electron chi connectivity index (χ0n) is 12.3. The molecule has 0 fully saturated rings. The molecule has 0 aliphatic heterocycles. The second kappa shape index (κ2) is 5.26. The summed E-state index contributed by atoms with van der Waals surface area (Å²) in [4.78, 5) is 28.0. The fraction of sp³-hybridized carbons (Fsp3) is 0.643. The first-order valence-corrected chi connectivity index (χ1v) is 6.77. The standard InChI is InChI=1S/C14H20N2O4/c1-5-19-12(17)9-6-10-11(7-9)16(8-15-10)13(18)20-14(2,3)4/h8-9H,5-7H2,1-4H3. The predicted molar refractivity (Wildman–Crippen MR) is 71.4 cm³/mol. The number of nitrogens with zero attached hydrogens (tertiary/aromatic N) is 2. The van der Waals surface area contributed by atoms with Crippen molar-refractivity contribution in [2.45, 2.75) is 46.1 Å². The molecule has 0 aromatic carbocycles. The number of carbonyl (C=O) groups excluding carboxylic acids is 2. The highest BCUT2D eigenvalue weighted by molar-refractivity contribution is 5.76. The van der Waals surface area contributed by atoms with E-state index in [1.165, 1.54) is 10.9 Å². The highest BCUT2D eigenvalue weighted by Gasteiger charge is 2.34. The van der Waals surface area contributed by atoms with Gasteiger partial charge in [0, 0.05) is 12.8 Å². The fourth-order valence-corrected chi connectivity index (χ4v) is 2.23. The number of hydrogen-bond donors (Lipinski definition) is 0. The van der Waals surface area contributed by atoms with Crippen LogP contribution in [0.5, 0.6) is 0 Å².